The molecule has 1 amide bonds. The van der Waals surface area contributed by atoms with Crippen molar-refractivity contribution in [2.24, 2.45) is 5.92 Å². The number of aromatic nitrogens is 2. The van der Waals surface area contributed by atoms with E-state index in [1.165, 1.54) is 0 Å². The van der Waals surface area contributed by atoms with Gasteiger partial charge in [-0.1, -0.05) is 19.0 Å². The van der Waals surface area contributed by atoms with E-state index >= 15 is 0 Å². The fourth-order valence-corrected chi connectivity index (χ4v) is 1.90. The maximum absolute atomic E-state index is 12.1. The number of rotatable bonds is 4. The van der Waals surface area contributed by atoms with Crippen molar-refractivity contribution in [1.82, 2.24) is 15.0 Å². The first-order valence-corrected chi connectivity index (χ1v) is 6.23. The van der Waals surface area contributed by atoms with E-state index in [0.717, 1.165) is 6.42 Å². The molecule has 0 spiro atoms. The highest BCUT2D eigenvalue weighted by atomic mass is 16.5. The minimum Gasteiger partial charge on any atom is -0.381 e. The Labute approximate surface area is 106 Å². The largest absolute Gasteiger partial charge is 0.381 e. The third kappa shape index (κ3) is 2.87. The standard InChI is InChI=1S/C12H19N3O3/c1-8(2)11-13-10(14-18-11)6-15(3)12(16)9-4-5-17-7-9/h8-9H,4-7H2,1-3H3. The van der Waals surface area contributed by atoms with Crippen LogP contribution < -0.4 is 0 Å². The van der Waals surface area contributed by atoms with E-state index in [9.17, 15) is 4.79 Å². The molecule has 1 saturated heterocycles. The van der Waals surface area contributed by atoms with Gasteiger partial charge in [-0.15, -0.1) is 0 Å². The Morgan fingerprint density at radius 2 is 2.33 bits per heavy atom. The summed E-state index contributed by atoms with van der Waals surface area (Å²) in [5, 5.41) is 3.88. The summed E-state index contributed by atoms with van der Waals surface area (Å²) in [6.07, 6.45) is 0.798. The Bertz CT molecular complexity index is 410. The van der Waals surface area contributed by atoms with Crippen LogP contribution in [0.2, 0.25) is 0 Å². The summed E-state index contributed by atoms with van der Waals surface area (Å²) in [5.74, 6) is 1.42. The van der Waals surface area contributed by atoms with Gasteiger partial charge in [-0.2, -0.15) is 4.98 Å². The molecule has 100 valence electrons. The summed E-state index contributed by atoms with van der Waals surface area (Å²) in [4.78, 5) is 17.9. The predicted octanol–water partition coefficient (Wildman–Crippen LogP) is 1.19. The lowest BCUT2D eigenvalue weighted by atomic mass is 10.1. The van der Waals surface area contributed by atoms with Gasteiger partial charge in [0.1, 0.15) is 0 Å². The highest BCUT2D eigenvalue weighted by Crippen LogP contribution is 2.16. The van der Waals surface area contributed by atoms with Crippen LogP contribution in [0.4, 0.5) is 0 Å². The maximum atomic E-state index is 12.1. The van der Waals surface area contributed by atoms with Gasteiger partial charge in [0.05, 0.1) is 19.1 Å². The number of amides is 1. The molecule has 6 nitrogen and oxygen atoms in total. The molecule has 0 bridgehead atoms. The molecule has 1 aromatic heterocycles. The molecular formula is C12H19N3O3. The van der Waals surface area contributed by atoms with E-state index in [2.05, 4.69) is 10.1 Å². The first-order chi connectivity index (χ1) is 8.58. The number of nitrogens with zero attached hydrogens (tertiary/aromatic N) is 3. The van der Waals surface area contributed by atoms with E-state index < -0.39 is 0 Å². The minimum absolute atomic E-state index is 0.0218. The van der Waals surface area contributed by atoms with E-state index in [4.69, 9.17) is 9.26 Å². The summed E-state index contributed by atoms with van der Waals surface area (Å²) < 4.78 is 10.3. The zero-order valence-corrected chi connectivity index (χ0v) is 11.0. The normalized spacial score (nSPS) is 19.4. The van der Waals surface area contributed by atoms with Gasteiger partial charge in [0, 0.05) is 19.6 Å². The lowest BCUT2D eigenvalue weighted by Gasteiger charge is -2.18. The van der Waals surface area contributed by atoms with Crippen molar-refractivity contribution < 1.29 is 14.1 Å². The van der Waals surface area contributed by atoms with Crippen LogP contribution in [0, 0.1) is 5.92 Å². The van der Waals surface area contributed by atoms with Crippen molar-refractivity contribution in [2.45, 2.75) is 32.7 Å². The summed E-state index contributed by atoms with van der Waals surface area (Å²) in [6, 6.07) is 0. The Balaban J connectivity index is 1.93. The van der Waals surface area contributed by atoms with E-state index in [1.807, 2.05) is 13.8 Å². The van der Waals surface area contributed by atoms with Crippen LogP contribution >= 0.6 is 0 Å². The maximum Gasteiger partial charge on any atom is 0.229 e. The number of hydrogen-bond donors (Lipinski definition) is 0. The van der Waals surface area contributed by atoms with Gasteiger partial charge < -0.3 is 14.2 Å². The fraction of sp³-hybridized carbons (Fsp3) is 0.750. The summed E-state index contributed by atoms with van der Waals surface area (Å²) >= 11 is 0. The van der Waals surface area contributed by atoms with Crippen LogP contribution in [0.25, 0.3) is 0 Å². The molecule has 6 heteroatoms. The van der Waals surface area contributed by atoms with Crippen LogP contribution in [0.5, 0.6) is 0 Å². The number of ether oxygens (including phenoxy) is 1. The third-order valence-electron chi connectivity index (χ3n) is 3.01. The Morgan fingerprint density at radius 3 is 2.89 bits per heavy atom. The van der Waals surface area contributed by atoms with Crippen molar-refractivity contribution in [3.8, 4) is 0 Å². The van der Waals surface area contributed by atoms with Crippen molar-refractivity contribution in [1.29, 1.82) is 0 Å². The molecular weight excluding hydrogens is 234 g/mol. The number of hydrogen-bond acceptors (Lipinski definition) is 5. The molecule has 1 aliphatic rings. The summed E-state index contributed by atoms with van der Waals surface area (Å²) in [5.41, 5.74) is 0. The number of carbonyl (C=O) groups is 1. The quantitative estimate of drug-likeness (QED) is 0.806. The Morgan fingerprint density at radius 1 is 1.56 bits per heavy atom. The number of carbonyl (C=O) groups excluding carboxylic acids is 1. The Kier molecular flexibility index (Phi) is 3.96. The van der Waals surface area contributed by atoms with E-state index in [-0.39, 0.29) is 17.7 Å². The van der Waals surface area contributed by atoms with Crippen molar-refractivity contribution in [3.05, 3.63) is 11.7 Å². The monoisotopic (exact) mass is 253 g/mol. The molecule has 1 fully saturated rings. The van der Waals surface area contributed by atoms with E-state index in [0.29, 0.717) is 31.5 Å². The second kappa shape index (κ2) is 5.48. The SMILES string of the molecule is CC(C)c1nc(CN(C)C(=O)C2CCOC2)no1. The summed E-state index contributed by atoms with van der Waals surface area (Å²) in [6.45, 7) is 5.55. The van der Waals surface area contributed by atoms with Gasteiger partial charge in [0.25, 0.3) is 0 Å². The lowest BCUT2D eigenvalue weighted by Crippen LogP contribution is -2.33. The second-order valence-electron chi connectivity index (χ2n) is 4.96. The first-order valence-electron chi connectivity index (χ1n) is 6.23. The first kappa shape index (κ1) is 13.0. The molecule has 2 rings (SSSR count). The molecule has 0 saturated carbocycles. The van der Waals surface area contributed by atoms with Gasteiger partial charge in [-0.25, -0.2) is 0 Å². The van der Waals surface area contributed by atoms with Crippen molar-refractivity contribution in [2.75, 3.05) is 20.3 Å². The zero-order chi connectivity index (χ0) is 13.1. The molecule has 18 heavy (non-hydrogen) atoms. The molecule has 2 heterocycles. The molecule has 1 unspecified atom stereocenters. The van der Waals surface area contributed by atoms with Crippen LogP contribution in [0.1, 0.15) is 37.9 Å². The smallest absolute Gasteiger partial charge is 0.229 e. The third-order valence-corrected chi connectivity index (χ3v) is 3.01. The summed E-state index contributed by atoms with van der Waals surface area (Å²) in [7, 11) is 1.76. The van der Waals surface area contributed by atoms with Gasteiger partial charge in [-0.05, 0) is 6.42 Å². The molecule has 0 aliphatic carbocycles. The van der Waals surface area contributed by atoms with Crippen LogP contribution in [0.15, 0.2) is 4.52 Å². The van der Waals surface area contributed by atoms with Crippen LogP contribution in [0.3, 0.4) is 0 Å². The predicted molar refractivity (Wildman–Crippen MR) is 63.8 cm³/mol. The molecule has 0 aromatic carbocycles. The van der Waals surface area contributed by atoms with Gasteiger partial charge in [-0.3, -0.25) is 4.79 Å². The van der Waals surface area contributed by atoms with Crippen molar-refractivity contribution >= 4 is 5.91 Å². The van der Waals surface area contributed by atoms with Crippen molar-refractivity contribution in [3.63, 3.8) is 0 Å². The highest BCUT2D eigenvalue weighted by molar-refractivity contribution is 5.78. The van der Waals surface area contributed by atoms with E-state index in [1.54, 1.807) is 11.9 Å². The fourth-order valence-electron chi connectivity index (χ4n) is 1.90. The Hall–Kier alpha value is -1.43. The van der Waals surface area contributed by atoms with Crippen LogP contribution in [-0.2, 0) is 16.1 Å². The van der Waals surface area contributed by atoms with Gasteiger partial charge in [0.2, 0.25) is 11.8 Å². The topological polar surface area (TPSA) is 68.5 Å². The molecule has 1 aromatic rings. The average molecular weight is 253 g/mol. The molecule has 1 aliphatic heterocycles. The minimum atomic E-state index is -0.0218. The lowest BCUT2D eigenvalue weighted by molar-refractivity contribution is -0.134. The average Bonchev–Trinajstić information content (AvgIpc) is 2.98. The zero-order valence-electron chi connectivity index (χ0n) is 11.0. The second-order valence-corrected chi connectivity index (χ2v) is 4.96. The van der Waals surface area contributed by atoms with Gasteiger partial charge in [0.15, 0.2) is 5.82 Å². The molecule has 0 radical (unpaired) electrons. The van der Waals surface area contributed by atoms with Gasteiger partial charge >= 0.3 is 0 Å². The molecule has 0 N–H and O–H groups in total. The molecule has 1 atom stereocenters. The van der Waals surface area contributed by atoms with Crippen LogP contribution in [-0.4, -0.2) is 41.2 Å². The highest BCUT2D eigenvalue weighted by Gasteiger charge is 2.27.